The molecule has 0 N–H and O–H groups in total. The quantitative estimate of drug-likeness (QED) is 0.675. The van der Waals surface area contributed by atoms with Gasteiger partial charge < -0.3 is 9.15 Å². The van der Waals surface area contributed by atoms with Crippen LogP contribution < -0.4 is 0 Å². The minimum absolute atomic E-state index is 0.377. The normalized spacial score (nSPS) is 11.8. The Labute approximate surface area is 126 Å². The monoisotopic (exact) mass is 302 g/mol. The summed E-state index contributed by atoms with van der Waals surface area (Å²) in [5.41, 5.74) is 0.362. The molecule has 0 radical (unpaired) electrons. The molecule has 0 spiro atoms. The lowest BCUT2D eigenvalue weighted by Crippen LogP contribution is -2.27. The van der Waals surface area contributed by atoms with Crippen LogP contribution >= 0.6 is 0 Å². The summed E-state index contributed by atoms with van der Waals surface area (Å²) in [6, 6.07) is 5.86. The molecular formula is C16H15FN2O3. The van der Waals surface area contributed by atoms with E-state index in [9.17, 15) is 9.18 Å². The van der Waals surface area contributed by atoms with Crippen molar-refractivity contribution in [3.8, 4) is 11.5 Å². The van der Waals surface area contributed by atoms with E-state index in [0.717, 1.165) is 0 Å². The van der Waals surface area contributed by atoms with Crippen molar-refractivity contribution in [1.29, 1.82) is 0 Å². The summed E-state index contributed by atoms with van der Waals surface area (Å²) in [7, 11) is 0. The maximum atomic E-state index is 13.4. The number of hydrogen-bond donors (Lipinski definition) is 0. The lowest BCUT2D eigenvalue weighted by Gasteiger charge is -2.20. The molecule has 6 heteroatoms. The lowest BCUT2D eigenvalue weighted by molar-refractivity contribution is 0.0546. The highest BCUT2D eigenvalue weighted by Gasteiger charge is 2.24. The molecule has 1 aromatic carbocycles. The standard InChI is InChI=1S/C16H15FN2O3/c1-16(2,3)22-15(20)19-12-5-4-11(17)6-10(12)7-13(19)14-8-18-9-21-14/h4-9H,1-3H3. The molecule has 0 bridgehead atoms. The summed E-state index contributed by atoms with van der Waals surface area (Å²) < 4.78 is 25.5. The molecule has 0 unspecified atom stereocenters. The van der Waals surface area contributed by atoms with Gasteiger partial charge in [0.1, 0.15) is 11.4 Å². The van der Waals surface area contributed by atoms with Gasteiger partial charge in [-0.3, -0.25) is 0 Å². The van der Waals surface area contributed by atoms with Gasteiger partial charge in [-0.1, -0.05) is 0 Å². The Bertz CT molecular complexity index is 829. The van der Waals surface area contributed by atoms with E-state index in [2.05, 4.69) is 4.98 Å². The van der Waals surface area contributed by atoms with Crippen molar-refractivity contribution in [2.75, 3.05) is 0 Å². The van der Waals surface area contributed by atoms with Crippen LogP contribution in [-0.4, -0.2) is 21.2 Å². The number of carbonyl (C=O) groups excluding carboxylic acids is 1. The van der Waals surface area contributed by atoms with E-state index in [0.29, 0.717) is 22.4 Å². The molecule has 0 fully saturated rings. The summed E-state index contributed by atoms with van der Waals surface area (Å²) >= 11 is 0. The Hall–Kier alpha value is -2.63. The number of halogens is 1. The molecule has 0 amide bonds. The van der Waals surface area contributed by atoms with Crippen molar-refractivity contribution in [2.45, 2.75) is 26.4 Å². The maximum Gasteiger partial charge on any atom is 0.419 e. The number of rotatable bonds is 1. The second kappa shape index (κ2) is 4.98. The molecule has 0 aliphatic rings. The van der Waals surface area contributed by atoms with Crippen molar-refractivity contribution in [2.24, 2.45) is 0 Å². The molecule has 3 rings (SSSR count). The van der Waals surface area contributed by atoms with Gasteiger partial charge >= 0.3 is 6.09 Å². The zero-order valence-corrected chi connectivity index (χ0v) is 12.5. The Balaban J connectivity index is 2.21. The number of carbonyl (C=O) groups is 1. The summed E-state index contributed by atoms with van der Waals surface area (Å²) in [5, 5.41) is 0.581. The van der Waals surface area contributed by atoms with Gasteiger partial charge in [-0.15, -0.1) is 0 Å². The second-order valence-corrected chi connectivity index (χ2v) is 5.91. The number of nitrogens with zero attached hydrogens (tertiary/aromatic N) is 2. The van der Waals surface area contributed by atoms with Crippen LogP contribution in [0.25, 0.3) is 22.4 Å². The third-order valence-electron chi connectivity index (χ3n) is 3.02. The number of ether oxygens (including phenoxy) is 1. The van der Waals surface area contributed by atoms with Crippen LogP contribution in [0, 0.1) is 5.82 Å². The predicted octanol–water partition coefficient (Wildman–Crippen LogP) is 4.22. The molecule has 0 aliphatic heterocycles. The van der Waals surface area contributed by atoms with Crippen LogP contribution in [0.15, 0.2) is 41.3 Å². The zero-order chi connectivity index (χ0) is 15.9. The van der Waals surface area contributed by atoms with Crippen molar-refractivity contribution in [1.82, 2.24) is 9.55 Å². The van der Waals surface area contributed by atoms with Crippen molar-refractivity contribution in [3.63, 3.8) is 0 Å². The fourth-order valence-corrected chi connectivity index (χ4v) is 2.21. The highest BCUT2D eigenvalue weighted by molar-refractivity contribution is 5.95. The molecule has 5 nitrogen and oxygen atoms in total. The van der Waals surface area contributed by atoms with Crippen LogP contribution in [0.1, 0.15) is 20.8 Å². The van der Waals surface area contributed by atoms with Crippen molar-refractivity contribution < 1.29 is 18.3 Å². The number of oxazole rings is 1. The SMILES string of the molecule is CC(C)(C)OC(=O)n1c(-c2cnco2)cc2cc(F)ccc21. The highest BCUT2D eigenvalue weighted by Crippen LogP contribution is 2.29. The Morgan fingerprint density at radius 3 is 2.73 bits per heavy atom. The molecule has 114 valence electrons. The van der Waals surface area contributed by atoms with E-state index in [1.807, 2.05) is 0 Å². The van der Waals surface area contributed by atoms with Gasteiger partial charge in [0.05, 0.1) is 17.4 Å². The van der Waals surface area contributed by atoms with Gasteiger partial charge in [0.2, 0.25) is 0 Å². The summed E-state index contributed by atoms with van der Waals surface area (Å²) in [4.78, 5) is 16.4. The third kappa shape index (κ3) is 2.59. The molecule has 3 aromatic rings. The van der Waals surface area contributed by atoms with E-state index in [1.165, 1.54) is 35.4 Å². The van der Waals surface area contributed by atoms with Crippen LogP contribution in [0.4, 0.5) is 9.18 Å². The van der Waals surface area contributed by atoms with Crippen LogP contribution in [0.2, 0.25) is 0 Å². The Morgan fingerprint density at radius 2 is 2.09 bits per heavy atom. The first-order valence-electron chi connectivity index (χ1n) is 6.78. The Morgan fingerprint density at radius 1 is 1.32 bits per heavy atom. The van der Waals surface area contributed by atoms with Gasteiger partial charge in [0, 0.05) is 5.39 Å². The number of fused-ring (bicyclic) bond motifs is 1. The zero-order valence-electron chi connectivity index (χ0n) is 12.5. The Kier molecular flexibility index (Phi) is 3.24. The number of hydrogen-bond acceptors (Lipinski definition) is 4. The lowest BCUT2D eigenvalue weighted by atomic mass is 10.2. The maximum absolute atomic E-state index is 13.4. The fourth-order valence-electron chi connectivity index (χ4n) is 2.21. The summed E-state index contributed by atoms with van der Waals surface area (Å²) in [6.45, 7) is 5.35. The van der Waals surface area contributed by atoms with E-state index in [4.69, 9.17) is 9.15 Å². The molecule has 0 saturated heterocycles. The average molecular weight is 302 g/mol. The summed E-state index contributed by atoms with van der Waals surface area (Å²) in [5.74, 6) is 0.0282. The van der Waals surface area contributed by atoms with E-state index >= 15 is 0 Å². The smallest absolute Gasteiger partial charge is 0.419 e. The number of benzene rings is 1. The minimum atomic E-state index is -0.646. The van der Waals surface area contributed by atoms with Crippen molar-refractivity contribution in [3.05, 3.63) is 42.7 Å². The fraction of sp³-hybridized carbons (Fsp3) is 0.250. The topological polar surface area (TPSA) is 57.3 Å². The first-order chi connectivity index (χ1) is 10.3. The molecule has 0 saturated carbocycles. The largest absolute Gasteiger partial charge is 0.443 e. The highest BCUT2D eigenvalue weighted by atomic mass is 19.1. The number of aromatic nitrogens is 2. The predicted molar refractivity (Wildman–Crippen MR) is 79.0 cm³/mol. The van der Waals surface area contributed by atoms with Crippen LogP contribution in [-0.2, 0) is 4.74 Å². The summed E-state index contributed by atoms with van der Waals surface area (Å²) in [6.07, 6.45) is 2.21. The van der Waals surface area contributed by atoms with Crippen molar-refractivity contribution >= 4 is 17.0 Å². The van der Waals surface area contributed by atoms with Crippen LogP contribution in [0.5, 0.6) is 0 Å². The minimum Gasteiger partial charge on any atom is -0.443 e. The van der Waals surface area contributed by atoms with Crippen LogP contribution in [0.3, 0.4) is 0 Å². The first-order valence-corrected chi connectivity index (χ1v) is 6.78. The van der Waals surface area contributed by atoms with E-state index in [1.54, 1.807) is 26.8 Å². The molecule has 22 heavy (non-hydrogen) atoms. The van der Waals surface area contributed by atoms with Gasteiger partial charge in [-0.25, -0.2) is 18.7 Å². The molecule has 0 atom stereocenters. The molecule has 2 heterocycles. The van der Waals surface area contributed by atoms with E-state index in [-0.39, 0.29) is 5.82 Å². The first kappa shape index (κ1) is 14.3. The van der Waals surface area contributed by atoms with E-state index < -0.39 is 11.7 Å². The van der Waals surface area contributed by atoms with Gasteiger partial charge in [0.25, 0.3) is 0 Å². The van der Waals surface area contributed by atoms with Gasteiger partial charge in [-0.05, 0) is 45.0 Å². The third-order valence-corrected chi connectivity index (χ3v) is 3.02. The average Bonchev–Trinajstić information content (AvgIpc) is 3.02. The van der Waals surface area contributed by atoms with Gasteiger partial charge in [-0.2, -0.15) is 0 Å². The second-order valence-electron chi connectivity index (χ2n) is 5.91. The molecular weight excluding hydrogens is 287 g/mol. The molecule has 2 aromatic heterocycles. The van der Waals surface area contributed by atoms with Gasteiger partial charge in [0.15, 0.2) is 12.2 Å². The molecule has 0 aliphatic carbocycles.